The third-order valence-corrected chi connectivity index (χ3v) is 2.96. The molecule has 0 aliphatic heterocycles. The van der Waals surface area contributed by atoms with Crippen LogP contribution in [0.5, 0.6) is 0 Å². The van der Waals surface area contributed by atoms with Crippen LogP contribution >= 0.6 is 22.9 Å². The Kier molecular flexibility index (Phi) is 2.82. The van der Waals surface area contributed by atoms with E-state index in [-0.39, 0.29) is 0 Å². The fourth-order valence-corrected chi connectivity index (χ4v) is 2.30. The number of benzene rings is 1. The molecule has 1 aromatic heterocycles. The van der Waals surface area contributed by atoms with Crippen molar-refractivity contribution >= 4 is 39.2 Å². The van der Waals surface area contributed by atoms with Crippen LogP contribution in [-0.4, -0.2) is 11.5 Å². The van der Waals surface area contributed by atoms with Crippen LogP contribution < -0.4 is 5.73 Å². The van der Waals surface area contributed by atoms with Gasteiger partial charge in [0.1, 0.15) is 0 Å². The molecule has 2 nitrogen and oxygen atoms in total. The van der Waals surface area contributed by atoms with Gasteiger partial charge in [0.25, 0.3) is 0 Å². The van der Waals surface area contributed by atoms with Gasteiger partial charge in [-0.05, 0) is 17.7 Å². The van der Waals surface area contributed by atoms with Gasteiger partial charge in [0.2, 0.25) is 0 Å². The summed E-state index contributed by atoms with van der Waals surface area (Å²) in [5.74, 6) is 0. The lowest BCUT2D eigenvalue weighted by atomic mass is 10.2. The second kappa shape index (κ2) is 4.09. The van der Waals surface area contributed by atoms with Crippen molar-refractivity contribution in [1.29, 1.82) is 0 Å². The molecule has 0 aliphatic rings. The Hall–Kier alpha value is -0.900. The monoisotopic (exact) mass is 224 g/mol. The molecule has 1 heterocycles. The molecule has 2 N–H and O–H groups in total. The van der Waals surface area contributed by atoms with E-state index in [9.17, 15) is 0 Å². The average Bonchev–Trinajstić information content (AvgIpc) is 2.54. The number of rotatable bonds is 2. The maximum atomic E-state index is 5.81. The van der Waals surface area contributed by atoms with E-state index in [0.717, 1.165) is 15.8 Å². The van der Waals surface area contributed by atoms with Crippen LogP contribution in [0.15, 0.2) is 24.3 Å². The van der Waals surface area contributed by atoms with Crippen LogP contribution in [0.25, 0.3) is 16.3 Å². The van der Waals surface area contributed by atoms with E-state index >= 15 is 0 Å². The minimum atomic E-state index is 0.557. The van der Waals surface area contributed by atoms with Crippen LogP contribution in [0.3, 0.4) is 0 Å². The summed E-state index contributed by atoms with van der Waals surface area (Å²) in [4.78, 5) is 4.17. The quantitative estimate of drug-likeness (QED) is 0.852. The van der Waals surface area contributed by atoms with Crippen LogP contribution in [0.1, 0.15) is 5.56 Å². The predicted molar refractivity (Wildman–Crippen MR) is 62.7 cm³/mol. The molecule has 2 aromatic rings. The third kappa shape index (κ3) is 1.95. The Labute approximate surface area is 91.0 Å². The highest BCUT2D eigenvalue weighted by molar-refractivity contribution is 7.22. The van der Waals surface area contributed by atoms with Gasteiger partial charge < -0.3 is 5.73 Å². The summed E-state index contributed by atoms with van der Waals surface area (Å²) < 4.78 is 1.69. The summed E-state index contributed by atoms with van der Waals surface area (Å²) in [6.07, 6.45) is 3.91. The third-order valence-electron chi connectivity index (χ3n) is 1.83. The molecule has 0 saturated heterocycles. The molecule has 0 fully saturated rings. The van der Waals surface area contributed by atoms with Gasteiger partial charge in [-0.25, -0.2) is 4.98 Å². The van der Waals surface area contributed by atoms with Gasteiger partial charge in [-0.3, -0.25) is 0 Å². The first-order valence-electron chi connectivity index (χ1n) is 4.22. The molecule has 1 aromatic carbocycles. The molecule has 2 rings (SSSR count). The minimum absolute atomic E-state index is 0.557. The van der Waals surface area contributed by atoms with Gasteiger partial charge in [0, 0.05) is 6.54 Å². The maximum absolute atomic E-state index is 5.81. The highest BCUT2D eigenvalue weighted by atomic mass is 35.5. The lowest BCUT2D eigenvalue weighted by Crippen LogP contribution is -1.91. The normalized spacial score (nSPS) is 11.6. The Bertz CT molecular complexity index is 476. The number of aromatic nitrogens is 1. The SMILES string of the molecule is NCC=Cc1ccc2nc(Cl)sc2c1. The van der Waals surface area contributed by atoms with Crippen molar-refractivity contribution in [3.63, 3.8) is 0 Å². The number of nitrogens with two attached hydrogens (primary N) is 1. The topological polar surface area (TPSA) is 38.9 Å². The van der Waals surface area contributed by atoms with Crippen molar-refractivity contribution in [3.8, 4) is 0 Å². The van der Waals surface area contributed by atoms with Crippen molar-refractivity contribution < 1.29 is 0 Å². The second-order valence-electron chi connectivity index (χ2n) is 2.83. The molecule has 0 spiro atoms. The molecule has 0 radical (unpaired) electrons. The summed E-state index contributed by atoms with van der Waals surface area (Å²) in [6, 6.07) is 6.03. The lowest BCUT2D eigenvalue weighted by Gasteiger charge is -1.92. The van der Waals surface area contributed by atoms with Gasteiger partial charge in [-0.2, -0.15) is 0 Å². The van der Waals surface area contributed by atoms with Crippen LogP contribution in [0, 0.1) is 0 Å². The van der Waals surface area contributed by atoms with Crippen molar-refractivity contribution in [2.45, 2.75) is 0 Å². The zero-order valence-corrected chi connectivity index (χ0v) is 8.98. The van der Waals surface area contributed by atoms with Gasteiger partial charge in [-0.1, -0.05) is 29.8 Å². The first-order chi connectivity index (χ1) is 6.79. The van der Waals surface area contributed by atoms with Gasteiger partial charge in [0.15, 0.2) is 4.47 Å². The first kappa shape index (κ1) is 9.65. The Balaban J connectivity index is 2.45. The van der Waals surface area contributed by atoms with E-state index in [1.807, 2.05) is 24.3 Å². The summed E-state index contributed by atoms with van der Waals surface area (Å²) in [5, 5.41) is 0. The van der Waals surface area contributed by atoms with Crippen molar-refractivity contribution in [1.82, 2.24) is 4.98 Å². The van der Waals surface area contributed by atoms with Crippen molar-refractivity contribution in [2.24, 2.45) is 5.73 Å². The van der Waals surface area contributed by atoms with Gasteiger partial charge in [0.05, 0.1) is 10.2 Å². The average molecular weight is 225 g/mol. The first-order valence-corrected chi connectivity index (χ1v) is 5.42. The smallest absolute Gasteiger partial charge is 0.184 e. The number of thiazole rings is 1. The van der Waals surface area contributed by atoms with E-state index < -0.39 is 0 Å². The van der Waals surface area contributed by atoms with E-state index in [0.29, 0.717) is 11.0 Å². The minimum Gasteiger partial charge on any atom is -0.327 e. The maximum Gasteiger partial charge on any atom is 0.184 e. The number of hydrogen-bond acceptors (Lipinski definition) is 3. The van der Waals surface area contributed by atoms with Crippen molar-refractivity contribution in [3.05, 3.63) is 34.3 Å². The second-order valence-corrected chi connectivity index (χ2v) is 4.44. The Morgan fingerprint density at radius 1 is 1.50 bits per heavy atom. The van der Waals surface area contributed by atoms with Crippen LogP contribution in [0.2, 0.25) is 4.47 Å². The highest BCUT2D eigenvalue weighted by Crippen LogP contribution is 2.26. The fourth-order valence-electron chi connectivity index (χ4n) is 1.22. The highest BCUT2D eigenvalue weighted by Gasteiger charge is 2.00. The molecule has 72 valence electrons. The summed E-state index contributed by atoms with van der Waals surface area (Å²) in [6.45, 7) is 0.557. The van der Waals surface area contributed by atoms with E-state index in [1.165, 1.54) is 11.3 Å². The molecule has 0 bridgehead atoms. The van der Waals surface area contributed by atoms with Crippen molar-refractivity contribution in [2.75, 3.05) is 6.54 Å². The lowest BCUT2D eigenvalue weighted by molar-refractivity contribution is 1.26. The number of halogens is 1. The predicted octanol–water partition coefficient (Wildman–Crippen LogP) is 2.92. The zero-order chi connectivity index (χ0) is 9.97. The van der Waals surface area contributed by atoms with Gasteiger partial charge in [-0.15, -0.1) is 11.3 Å². The van der Waals surface area contributed by atoms with E-state index in [1.54, 1.807) is 0 Å². The van der Waals surface area contributed by atoms with E-state index in [2.05, 4.69) is 11.1 Å². The zero-order valence-electron chi connectivity index (χ0n) is 7.40. The standard InChI is InChI=1S/C10H9ClN2S/c11-10-13-8-4-3-7(2-1-5-12)6-9(8)14-10/h1-4,6H,5,12H2. The summed E-state index contributed by atoms with van der Waals surface area (Å²) >= 11 is 7.30. The molecule has 0 amide bonds. The molecule has 0 aliphatic carbocycles. The van der Waals surface area contributed by atoms with Gasteiger partial charge >= 0.3 is 0 Å². The molecular weight excluding hydrogens is 216 g/mol. The van der Waals surface area contributed by atoms with Crippen LogP contribution in [-0.2, 0) is 0 Å². The van der Waals surface area contributed by atoms with Crippen LogP contribution in [0.4, 0.5) is 0 Å². The summed E-state index contributed by atoms with van der Waals surface area (Å²) in [5.41, 5.74) is 7.45. The molecular formula is C10H9ClN2S. The largest absolute Gasteiger partial charge is 0.327 e. The molecule has 4 heteroatoms. The molecule has 0 saturated carbocycles. The Morgan fingerprint density at radius 2 is 2.36 bits per heavy atom. The fraction of sp³-hybridized carbons (Fsp3) is 0.100. The van der Waals surface area contributed by atoms with E-state index in [4.69, 9.17) is 17.3 Å². The molecule has 0 unspecified atom stereocenters. The molecule has 14 heavy (non-hydrogen) atoms. The molecule has 0 atom stereocenters. The number of fused-ring (bicyclic) bond motifs is 1. The summed E-state index contributed by atoms with van der Waals surface area (Å²) in [7, 11) is 0. The Morgan fingerprint density at radius 3 is 3.14 bits per heavy atom. The number of nitrogens with zero attached hydrogens (tertiary/aromatic N) is 1. The number of hydrogen-bond donors (Lipinski definition) is 1.